The van der Waals surface area contributed by atoms with Gasteiger partial charge in [-0.25, -0.2) is 9.97 Å². The Bertz CT molecular complexity index is 302. The maximum Gasteiger partial charge on any atom is 0.134 e. The molecule has 0 aromatic carbocycles. The number of rotatable bonds is 7. The monoisotopic (exact) mass is 224 g/mol. The van der Waals surface area contributed by atoms with Crippen LogP contribution in [-0.4, -0.2) is 43.3 Å². The predicted octanol–water partition coefficient (Wildman–Crippen LogP) is 1.38. The molecule has 0 unspecified atom stereocenters. The molecule has 0 amide bonds. The highest BCUT2D eigenvalue weighted by Crippen LogP contribution is 2.13. The molecule has 0 bridgehead atoms. The van der Waals surface area contributed by atoms with Crippen molar-refractivity contribution >= 4 is 11.6 Å². The first kappa shape index (κ1) is 12.7. The summed E-state index contributed by atoms with van der Waals surface area (Å²) >= 11 is 0. The zero-order chi connectivity index (χ0) is 11.8. The van der Waals surface area contributed by atoms with Crippen molar-refractivity contribution < 1.29 is 4.74 Å². The molecule has 16 heavy (non-hydrogen) atoms. The quantitative estimate of drug-likeness (QED) is 0.709. The maximum atomic E-state index is 4.97. The summed E-state index contributed by atoms with van der Waals surface area (Å²) in [5.41, 5.74) is 0. The van der Waals surface area contributed by atoms with Crippen molar-refractivity contribution in [1.82, 2.24) is 9.97 Å². The fourth-order valence-corrected chi connectivity index (χ4v) is 1.45. The first-order valence-electron chi connectivity index (χ1n) is 5.61. The molecule has 0 radical (unpaired) electrons. The number of methoxy groups -OCH3 is 1. The lowest BCUT2D eigenvalue weighted by atomic mass is 10.4. The number of nitrogens with zero attached hydrogens (tertiary/aromatic N) is 3. The first-order chi connectivity index (χ1) is 7.81. The van der Waals surface area contributed by atoms with Crippen LogP contribution in [0.2, 0.25) is 0 Å². The van der Waals surface area contributed by atoms with E-state index in [1.165, 1.54) is 0 Å². The normalized spacial score (nSPS) is 10.2. The molecule has 1 aromatic heterocycles. The Hall–Kier alpha value is -1.36. The van der Waals surface area contributed by atoms with E-state index in [9.17, 15) is 0 Å². The third-order valence-electron chi connectivity index (χ3n) is 2.35. The Morgan fingerprint density at radius 2 is 2.06 bits per heavy atom. The molecule has 90 valence electrons. The van der Waals surface area contributed by atoms with Crippen LogP contribution in [0.5, 0.6) is 0 Å². The molecule has 0 aliphatic carbocycles. The van der Waals surface area contributed by atoms with Crippen molar-refractivity contribution in [2.75, 3.05) is 43.6 Å². The van der Waals surface area contributed by atoms with Crippen LogP contribution < -0.4 is 10.2 Å². The molecule has 1 rings (SSSR count). The van der Waals surface area contributed by atoms with Gasteiger partial charge in [0, 0.05) is 32.8 Å². The average Bonchev–Trinajstić information content (AvgIpc) is 2.32. The van der Waals surface area contributed by atoms with Gasteiger partial charge in [-0.1, -0.05) is 0 Å². The third kappa shape index (κ3) is 3.66. The molecule has 0 aliphatic heterocycles. The third-order valence-corrected chi connectivity index (χ3v) is 2.35. The predicted molar refractivity (Wildman–Crippen MR) is 66.0 cm³/mol. The van der Waals surface area contributed by atoms with E-state index in [4.69, 9.17) is 4.74 Å². The minimum absolute atomic E-state index is 0.671. The van der Waals surface area contributed by atoms with Gasteiger partial charge in [0.2, 0.25) is 0 Å². The molecule has 1 aromatic rings. The van der Waals surface area contributed by atoms with Crippen LogP contribution in [0.15, 0.2) is 12.4 Å². The molecule has 0 saturated heterocycles. The number of hydrogen-bond donors (Lipinski definition) is 1. The van der Waals surface area contributed by atoms with Crippen LogP contribution in [0.1, 0.15) is 13.8 Å². The van der Waals surface area contributed by atoms with Crippen LogP contribution in [0, 0.1) is 0 Å². The molecule has 0 spiro atoms. The second kappa shape index (κ2) is 7.00. The van der Waals surface area contributed by atoms with Gasteiger partial charge in [0.05, 0.1) is 6.61 Å². The highest BCUT2D eigenvalue weighted by Gasteiger charge is 2.04. The summed E-state index contributed by atoms with van der Waals surface area (Å²) in [7, 11) is 1.68. The lowest BCUT2D eigenvalue weighted by molar-refractivity contribution is 0.210. The van der Waals surface area contributed by atoms with Crippen molar-refractivity contribution in [3.63, 3.8) is 0 Å². The summed E-state index contributed by atoms with van der Waals surface area (Å²) in [6, 6.07) is 1.96. The highest BCUT2D eigenvalue weighted by molar-refractivity contribution is 5.48. The SMILES string of the molecule is CCN(CC)c1cc(NCCOC)ncn1. The molecular formula is C11H20N4O. The largest absolute Gasteiger partial charge is 0.383 e. The van der Waals surface area contributed by atoms with Gasteiger partial charge in [-0.3, -0.25) is 0 Å². The average molecular weight is 224 g/mol. The van der Waals surface area contributed by atoms with E-state index >= 15 is 0 Å². The summed E-state index contributed by atoms with van der Waals surface area (Å²) in [4.78, 5) is 10.6. The summed E-state index contributed by atoms with van der Waals surface area (Å²) in [5, 5.41) is 3.19. The van der Waals surface area contributed by atoms with Gasteiger partial charge in [-0.15, -0.1) is 0 Å². The minimum atomic E-state index is 0.671. The standard InChI is InChI=1S/C11H20N4O/c1-4-15(5-2)11-8-10(13-9-14-11)12-6-7-16-3/h8-9H,4-7H2,1-3H3,(H,12,13,14). The molecule has 0 atom stereocenters. The van der Waals surface area contributed by atoms with Crippen molar-refractivity contribution in [1.29, 1.82) is 0 Å². The summed E-state index contributed by atoms with van der Waals surface area (Å²) < 4.78 is 4.97. The molecule has 1 N–H and O–H groups in total. The topological polar surface area (TPSA) is 50.3 Å². The molecular weight excluding hydrogens is 204 g/mol. The molecule has 5 heteroatoms. The number of anilines is 2. The van der Waals surface area contributed by atoms with Gasteiger partial charge in [0.1, 0.15) is 18.0 Å². The highest BCUT2D eigenvalue weighted by atomic mass is 16.5. The Morgan fingerprint density at radius 1 is 1.31 bits per heavy atom. The van der Waals surface area contributed by atoms with Gasteiger partial charge in [0.25, 0.3) is 0 Å². The Kier molecular flexibility index (Phi) is 5.56. The molecule has 1 heterocycles. The summed E-state index contributed by atoms with van der Waals surface area (Å²) in [5.74, 6) is 1.80. The number of aromatic nitrogens is 2. The first-order valence-corrected chi connectivity index (χ1v) is 5.61. The van der Waals surface area contributed by atoms with E-state index in [1.54, 1.807) is 13.4 Å². The second-order valence-electron chi connectivity index (χ2n) is 3.35. The summed E-state index contributed by atoms with van der Waals surface area (Å²) in [6.07, 6.45) is 1.59. The zero-order valence-electron chi connectivity index (χ0n) is 10.2. The van der Waals surface area contributed by atoms with Crippen molar-refractivity contribution in [2.45, 2.75) is 13.8 Å². The molecule has 0 aliphatic rings. The van der Waals surface area contributed by atoms with Gasteiger partial charge in [0.15, 0.2) is 0 Å². The fourth-order valence-electron chi connectivity index (χ4n) is 1.45. The maximum absolute atomic E-state index is 4.97. The Labute approximate surface area is 96.8 Å². The van der Waals surface area contributed by atoms with E-state index in [2.05, 4.69) is 34.0 Å². The molecule has 0 fully saturated rings. The number of nitrogens with one attached hydrogen (secondary N) is 1. The Morgan fingerprint density at radius 3 is 2.69 bits per heavy atom. The molecule has 5 nitrogen and oxygen atoms in total. The number of ether oxygens (including phenoxy) is 1. The Balaban J connectivity index is 2.62. The van der Waals surface area contributed by atoms with Gasteiger partial charge < -0.3 is 15.0 Å². The van der Waals surface area contributed by atoms with Crippen LogP contribution >= 0.6 is 0 Å². The van der Waals surface area contributed by atoms with Crippen LogP contribution in [0.3, 0.4) is 0 Å². The lowest BCUT2D eigenvalue weighted by Gasteiger charge is -2.19. The van der Waals surface area contributed by atoms with E-state index in [0.29, 0.717) is 6.61 Å². The second-order valence-corrected chi connectivity index (χ2v) is 3.35. The van der Waals surface area contributed by atoms with Crippen LogP contribution in [0.25, 0.3) is 0 Å². The lowest BCUT2D eigenvalue weighted by Crippen LogP contribution is -2.23. The fraction of sp³-hybridized carbons (Fsp3) is 0.636. The van der Waals surface area contributed by atoms with E-state index in [-0.39, 0.29) is 0 Å². The van der Waals surface area contributed by atoms with Crippen LogP contribution in [-0.2, 0) is 4.74 Å². The zero-order valence-corrected chi connectivity index (χ0v) is 10.2. The van der Waals surface area contributed by atoms with Gasteiger partial charge >= 0.3 is 0 Å². The van der Waals surface area contributed by atoms with Gasteiger partial charge in [-0.05, 0) is 13.8 Å². The van der Waals surface area contributed by atoms with Crippen molar-refractivity contribution in [2.24, 2.45) is 0 Å². The van der Waals surface area contributed by atoms with Crippen LogP contribution in [0.4, 0.5) is 11.6 Å². The smallest absolute Gasteiger partial charge is 0.134 e. The summed E-state index contributed by atoms with van der Waals surface area (Å²) in [6.45, 7) is 7.55. The van der Waals surface area contributed by atoms with Crippen molar-refractivity contribution in [3.8, 4) is 0 Å². The number of hydrogen-bond acceptors (Lipinski definition) is 5. The van der Waals surface area contributed by atoms with Crippen molar-refractivity contribution in [3.05, 3.63) is 12.4 Å². The minimum Gasteiger partial charge on any atom is -0.383 e. The van der Waals surface area contributed by atoms with E-state index in [1.807, 2.05) is 6.07 Å². The van der Waals surface area contributed by atoms with E-state index < -0.39 is 0 Å². The molecule has 0 saturated carbocycles. The van der Waals surface area contributed by atoms with E-state index in [0.717, 1.165) is 31.3 Å². The van der Waals surface area contributed by atoms with Gasteiger partial charge in [-0.2, -0.15) is 0 Å².